The van der Waals surface area contributed by atoms with E-state index in [1.54, 1.807) is 37.0 Å². The molecule has 0 bridgehead atoms. The summed E-state index contributed by atoms with van der Waals surface area (Å²) in [6.45, 7) is 6.78. The van der Waals surface area contributed by atoms with Crippen molar-refractivity contribution in [2.45, 2.75) is 58.7 Å². The van der Waals surface area contributed by atoms with Crippen molar-refractivity contribution in [3.05, 3.63) is 53.6 Å². The minimum Gasteiger partial charge on any atom is -0.493 e. The summed E-state index contributed by atoms with van der Waals surface area (Å²) in [4.78, 5) is 29.7. The van der Waals surface area contributed by atoms with E-state index in [9.17, 15) is 9.59 Å². The lowest BCUT2D eigenvalue weighted by Crippen LogP contribution is -2.47. The van der Waals surface area contributed by atoms with Crippen LogP contribution in [0.1, 0.15) is 57.2 Å². The molecule has 35 heavy (non-hydrogen) atoms. The number of ether oxygens (including phenoxy) is 4. The Kier molecular flexibility index (Phi) is 9.23. The van der Waals surface area contributed by atoms with Gasteiger partial charge in [-0.15, -0.1) is 0 Å². The van der Waals surface area contributed by atoms with Gasteiger partial charge < -0.3 is 18.9 Å². The molecule has 0 N–H and O–H groups in total. The second-order valence-electron chi connectivity index (χ2n) is 8.52. The normalized spacial score (nSPS) is 16.8. The summed E-state index contributed by atoms with van der Waals surface area (Å²) in [5, 5.41) is 0. The largest absolute Gasteiger partial charge is 0.493 e. The zero-order valence-corrected chi connectivity index (χ0v) is 21.3. The summed E-state index contributed by atoms with van der Waals surface area (Å²) in [5.74, 6) is 1.02. The Labute approximate surface area is 207 Å². The highest BCUT2D eigenvalue weighted by molar-refractivity contribution is 5.91. The number of nitrogens with zero attached hydrogens (tertiary/aromatic N) is 2. The maximum atomic E-state index is 13.2. The van der Waals surface area contributed by atoms with E-state index >= 15 is 0 Å². The lowest BCUT2D eigenvalue weighted by molar-refractivity contribution is 0.0808. The van der Waals surface area contributed by atoms with Gasteiger partial charge in [-0.25, -0.2) is 9.59 Å². The Morgan fingerprint density at radius 1 is 1.03 bits per heavy atom. The molecule has 0 spiro atoms. The molecule has 2 unspecified atom stereocenters. The standard InChI is InChI=1S/C27H36N2O6/c1-6-8-14-35-27(31)29-19(3)15-22(21-16-24(32-4)25(33-5)17-23(21)29)28(26(30)34-7-2)18-20-12-10-9-11-13-20/h9-13,16-17,19,22H,6-8,14-15,18H2,1-5H3. The first-order valence-electron chi connectivity index (χ1n) is 12.1. The molecule has 2 amide bonds. The van der Waals surface area contributed by atoms with Gasteiger partial charge in [0, 0.05) is 24.2 Å². The molecule has 1 heterocycles. The Morgan fingerprint density at radius 2 is 1.71 bits per heavy atom. The van der Waals surface area contributed by atoms with Crippen molar-refractivity contribution in [1.29, 1.82) is 0 Å². The number of hydrogen-bond acceptors (Lipinski definition) is 6. The molecule has 2 aromatic rings. The third kappa shape index (κ3) is 5.99. The van der Waals surface area contributed by atoms with Gasteiger partial charge in [-0.05, 0) is 38.3 Å². The Bertz CT molecular complexity index is 997. The van der Waals surface area contributed by atoms with Crippen LogP contribution in [0.15, 0.2) is 42.5 Å². The number of carbonyl (C=O) groups excluding carboxylic acids is 2. The van der Waals surface area contributed by atoms with Crippen molar-refractivity contribution >= 4 is 17.9 Å². The minimum atomic E-state index is -0.413. The van der Waals surface area contributed by atoms with E-state index in [4.69, 9.17) is 18.9 Å². The monoisotopic (exact) mass is 484 g/mol. The summed E-state index contributed by atoms with van der Waals surface area (Å²) in [6.07, 6.45) is 1.41. The number of unbranched alkanes of at least 4 members (excludes halogenated alkanes) is 1. The number of fused-ring (bicyclic) bond motifs is 1. The van der Waals surface area contributed by atoms with Gasteiger partial charge in [-0.3, -0.25) is 9.80 Å². The zero-order chi connectivity index (χ0) is 25.4. The zero-order valence-electron chi connectivity index (χ0n) is 21.3. The number of anilines is 1. The number of carbonyl (C=O) groups is 2. The predicted molar refractivity (Wildman–Crippen MR) is 134 cm³/mol. The highest BCUT2D eigenvalue weighted by Gasteiger charge is 2.40. The van der Waals surface area contributed by atoms with Crippen LogP contribution in [0.4, 0.5) is 15.3 Å². The van der Waals surface area contributed by atoms with Crippen LogP contribution in [0.5, 0.6) is 11.5 Å². The van der Waals surface area contributed by atoms with Crippen LogP contribution in [0.2, 0.25) is 0 Å². The van der Waals surface area contributed by atoms with Crippen LogP contribution >= 0.6 is 0 Å². The second-order valence-corrected chi connectivity index (χ2v) is 8.52. The molecule has 0 fully saturated rings. The van der Waals surface area contributed by atoms with Crippen LogP contribution in [0.3, 0.4) is 0 Å². The topological polar surface area (TPSA) is 77.5 Å². The van der Waals surface area contributed by atoms with E-state index in [2.05, 4.69) is 0 Å². The molecule has 1 aliphatic rings. The Balaban J connectivity index is 2.09. The fraction of sp³-hybridized carbons (Fsp3) is 0.481. The van der Waals surface area contributed by atoms with E-state index < -0.39 is 12.2 Å². The van der Waals surface area contributed by atoms with Crippen molar-refractivity contribution in [2.24, 2.45) is 0 Å². The highest BCUT2D eigenvalue weighted by Crippen LogP contribution is 2.46. The van der Waals surface area contributed by atoms with Crippen molar-refractivity contribution in [3.63, 3.8) is 0 Å². The first-order chi connectivity index (χ1) is 16.9. The van der Waals surface area contributed by atoms with Crippen molar-refractivity contribution in [1.82, 2.24) is 4.90 Å². The predicted octanol–water partition coefficient (Wildman–Crippen LogP) is 5.94. The second kappa shape index (κ2) is 12.3. The van der Waals surface area contributed by atoms with Gasteiger partial charge >= 0.3 is 12.2 Å². The van der Waals surface area contributed by atoms with Gasteiger partial charge in [-0.2, -0.15) is 0 Å². The van der Waals surface area contributed by atoms with Crippen LogP contribution in [-0.2, 0) is 16.0 Å². The van der Waals surface area contributed by atoms with Gasteiger partial charge in [0.2, 0.25) is 0 Å². The summed E-state index contributed by atoms with van der Waals surface area (Å²) < 4.78 is 22.1. The van der Waals surface area contributed by atoms with E-state index in [1.807, 2.05) is 50.2 Å². The van der Waals surface area contributed by atoms with Gasteiger partial charge in [0.25, 0.3) is 0 Å². The summed E-state index contributed by atoms with van der Waals surface area (Å²) >= 11 is 0. The molecule has 0 aromatic heterocycles. The van der Waals surface area contributed by atoms with Gasteiger partial charge in [0.05, 0.1) is 39.2 Å². The Morgan fingerprint density at radius 3 is 2.34 bits per heavy atom. The molecule has 0 radical (unpaired) electrons. The lowest BCUT2D eigenvalue weighted by Gasteiger charge is -2.42. The molecule has 1 aliphatic heterocycles. The SMILES string of the molecule is CCCCOC(=O)N1c2cc(OC)c(OC)cc2C(N(Cc2ccccc2)C(=O)OCC)CC1C. The molecular weight excluding hydrogens is 448 g/mol. The van der Waals surface area contributed by atoms with Crippen LogP contribution < -0.4 is 14.4 Å². The minimum absolute atomic E-state index is 0.229. The molecule has 0 saturated carbocycles. The third-order valence-electron chi connectivity index (χ3n) is 6.15. The van der Waals surface area contributed by atoms with Crippen LogP contribution in [0, 0.1) is 0 Å². The molecule has 8 nitrogen and oxygen atoms in total. The average Bonchev–Trinajstić information content (AvgIpc) is 2.86. The number of amides is 2. The quantitative estimate of drug-likeness (QED) is 0.410. The molecular formula is C27H36N2O6. The number of methoxy groups -OCH3 is 2. The number of benzene rings is 2. The maximum Gasteiger partial charge on any atom is 0.414 e. The molecule has 0 aliphatic carbocycles. The first-order valence-corrected chi connectivity index (χ1v) is 12.1. The summed E-state index contributed by atoms with van der Waals surface area (Å²) in [7, 11) is 3.12. The smallest absolute Gasteiger partial charge is 0.414 e. The third-order valence-corrected chi connectivity index (χ3v) is 6.15. The molecule has 3 rings (SSSR count). The van der Waals surface area contributed by atoms with Crippen LogP contribution in [0.25, 0.3) is 0 Å². The van der Waals surface area contributed by atoms with E-state index in [1.165, 1.54) is 0 Å². The summed E-state index contributed by atoms with van der Waals surface area (Å²) in [6, 6.07) is 12.8. The van der Waals surface area contributed by atoms with E-state index in [0.717, 1.165) is 24.0 Å². The van der Waals surface area contributed by atoms with Crippen molar-refractivity contribution < 1.29 is 28.5 Å². The molecule has 190 valence electrons. The molecule has 2 aromatic carbocycles. The molecule has 8 heteroatoms. The van der Waals surface area contributed by atoms with Gasteiger partial charge in [0.15, 0.2) is 11.5 Å². The molecule has 2 atom stereocenters. The Hall–Kier alpha value is -3.42. The van der Waals surface area contributed by atoms with E-state index in [0.29, 0.717) is 36.8 Å². The van der Waals surface area contributed by atoms with Gasteiger partial charge in [0.1, 0.15) is 0 Å². The summed E-state index contributed by atoms with van der Waals surface area (Å²) in [5.41, 5.74) is 2.39. The number of hydrogen-bond donors (Lipinski definition) is 0. The van der Waals surface area contributed by atoms with E-state index in [-0.39, 0.29) is 18.7 Å². The fourth-order valence-electron chi connectivity index (χ4n) is 4.39. The number of rotatable bonds is 9. The van der Waals surface area contributed by atoms with Crippen molar-refractivity contribution in [2.75, 3.05) is 32.3 Å². The highest BCUT2D eigenvalue weighted by atomic mass is 16.6. The lowest BCUT2D eigenvalue weighted by atomic mass is 9.90. The van der Waals surface area contributed by atoms with Gasteiger partial charge in [-0.1, -0.05) is 43.7 Å². The first kappa shape index (κ1) is 26.2. The maximum absolute atomic E-state index is 13.2. The molecule has 0 saturated heterocycles. The van der Waals surface area contributed by atoms with Crippen LogP contribution in [-0.4, -0.2) is 50.6 Å². The van der Waals surface area contributed by atoms with Crippen molar-refractivity contribution in [3.8, 4) is 11.5 Å². The average molecular weight is 485 g/mol. The fourth-order valence-corrected chi connectivity index (χ4v) is 4.39.